The van der Waals surface area contributed by atoms with Crippen LogP contribution in [0.2, 0.25) is 0 Å². The summed E-state index contributed by atoms with van der Waals surface area (Å²) in [5, 5.41) is 5.25. The molecule has 1 aromatic rings. The summed E-state index contributed by atoms with van der Waals surface area (Å²) >= 11 is 11.0. The number of primary sulfonamides is 1. The Balaban J connectivity index is 1.76. The van der Waals surface area contributed by atoms with Crippen LogP contribution in [0.15, 0.2) is 55.9 Å². The number of hydrogen-bond donors (Lipinski definition) is 1. The Morgan fingerprint density at radius 1 is 1.14 bits per heavy atom. The number of allylic oxidation sites excluding steroid dienone is 4. The molecule has 2 unspecified atom stereocenters. The van der Waals surface area contributed by atoms with E-state index in [4.69, 9.17) is 9.88 Å². The topological polar surface area (TPSA) is 69.4 Å². The predicted molar refractivity (Wildman–Crippen MR) is 122 cm³/mol. The van der Waals surface area contributed by atoms with Crippen molar-refractivity contribution in [3.8, 4) is 0 Å². The smallest absolute Gasteiger partial charge is 0.238 e. The van der Waals surface area contributed by atoms with Gasteiger partial charge in [-0.3, -0.25) is 0 Å². The molecule has 1 fully saturated rings. The molecule has 0 bridgehead atoms. The lowest BCUT2D eigenvalue weighted by Gasteiger charge is -2.31. The normalized spacial score (nSPS) is 29.1. The Hall–Kier alpha value is -0.250. The molecule has 2 atom stereocenters. The first-order valence-electron chi connectivity index (χ1n) is 8.92. The van der Waals surface area contributed by atoms with Crippen molar-refractivity contribution in [3.05, 3.63) is 56.5 Å². The van der Waals surface area contributed by atoms with Gasteiger partial charge in [-0.15, -0.1) is 0 Å². The quantitative estimate of drug-likeness (QED) is 0.463. The van der Waals surface area contributed by atoms with E-state index >= 15 is 0 Å². The van der Waals surface area contributed by atoms with Crippen molar-refractivity contribution in [1.29, 1.82) is 0 Å². The molecule has 3 aliphatic rings. The third kappa shape index (κ3) is 3.76. The first-order valence-corrected chi connectivity index (χ1v) is 12.8. The lowest BCUT2D eigenvalue weighted by Crippen LogP contribution is -2.26. The summed E-state index contributed by atoms with van der Waals surface area (Å²) in [4.78, 5) is 0.142. The number of halogens is 3. The Morgan fingerprint density at radius 2 is 1.79 bits per heavy atom. The van der Waals surface area contributed by atoms with Crippen LogP contribution in [-0.4, -0.2) is 20.0 Å². The highest BCUT2D eigenvalue weighted by molar-refractivity contribution is 9.14. The first kappa shape index (κ1) is 21.0. The molecule has 28 heavy (non-hydrogen) atoms. The van der Waals surface area contributed by atoms with Gasteiger partial charge in [0.1, 0.15) is 0 Å². The minimum absolute atomic E-state index is 0.128. The molecule has 3 aliphatic carbocycles. The third-order valence-electron chi connectivity index (χ3n) is 5.93. The van der Waals surface area contributed by atoms with Crippen molar-refractivity contribution in [2.75, 3.05) is 7.11 Å². The maximum absolute atomic E-state index is 11.6. The predicted octanol–water partition coefficient (Wildman–Crippen LogP) is 5.59. The zero-order valence-electron chi connectivity index (χ0n) is 15.2. The highest BCUT2D eigenvalue weighted by atomic mass is 79.9. The maximum atomic E-state index is 11.6. The van der Waals surface area contributed by atoms with Gasteiger partial charge in [0.2, 0.25) is 10.0 Å². The van der Waals surface area contributed by atoms with Crippen molar-refractivity contribution in [2.45, 2.75) is 35.1 Å². The summed E-state index contributed by atoms with van der Waals surface area (Å²) in [5.41, 5.74) is 4.14. The van der Waals surface area contributed by atoms with E-state index in [1.807, 2.05) is 18.2 Å². The van der Waals surface area contributed by atoms with E-state index in [0.717, 1.165) is 27.4 Å². The zero-order chi connectivity index (χ0) is 20.3. The van der Waals surface area contributed by atoms with Gasteiger partial charge in [0.25, 0.3) is 0 Å². The standard InChI is InChI=1S/C20H20Br3NO3S/c1-27-20(23)11-17(21)14(8-18(20)22)16-10-19(6-7-19)9-15(16)12-2-4-13(5-3-12)28(24,25)26/h2-5,8,11,14H,6-7,9-10H2,1H3,(H2,24,25,26). The largest absolute Gasteiger partial charge is 0.358 e. The molecule has 1 saturated carbocycles. The minimum Gasteiger partial charge on any atom is -0.358 e. The van der Waals surface area contributed by atoms with Gasteiger partial charge in [0, 0.05) is 22.0 Å². The highest BCUT2D eigenvalue weighted by Gasteiger charge is 2.50. The Kier molecular flexibility index (Phi) is 5.37. The van der Waals surface area contributed by atoms with E-state index in [2.05, 4.69) is 53.9 Å². The van der Waals surface area contributed by atoms with Crippen LogP contribution in [0.4, 0.5) is 0 Å². The fraction of sp³-hybridized carbons (Fsp3) is 0.400. The van der Waals surface area contributed by atoms with Gasteiger partial charge in [0.15, 0.2) is 4.51 Å². The Morgan fingerprint density at radius 3 is 2.32 bits per heavy atom. The van der Waals surface area contributed by atoms with Crippen LogP contribution in [-0.2, 0) is 14.8 Å². The molecule has 4 nitrogen and oxygen atoms in total. The van der Waals surface area contributed by atoms with Crippen molar-refractivity contribution in [3.63, 3.8) is 0 Å². The number of rotatable bonds is 4. The summed E-state index contributed by atoms with van der Waals surface area (Å²) in [6.45, 7) is 0. The maximum Gasteiger partial charge on any atom is 0.238 e. The van der Waals surface area contributed by atoms with Gasteiger partial charge in [-0.05, 0) is 76.4 Å². The van der Waals surface area contributed by atoms with Crippen molar-refractivity contribution >= 4 is 63.4 Å². The zero-order valence-corrected chi connectivity index (χ0v) is 20.8. The number of ether oxygens (including phenoxy) is 1. The van der Waals surface area contributed by atoms with Crippen LogP contribution in [0.3, 0.4) is 0 Å². The van der Waals surface area contributed by atoms with Gasteiger partial charge in [-0.25, -0.2) is 13.6 Å². The first-order chi connectivity index (χ1) is 13.1. The molecular weight excluding hydrogens is 574 g/mol. The number of methoxy groups -OCH3 is 1. The highest BCUT2D eigenvalue weighted by Crippen LogP contribution is 2.64. The number of nitrogens with two attached hydrogens (primary N) is 1. The van der Waals surface area contributed by atoms with Crippen LogP contribution in [0, 0.1) is 11.3 Å². The Bertz CT molecular complexity index is 1020. The molecule has 0 saturated heterocycles. The summed E-state index contributed by atoms with van der Waals surface area (Å²) in [6.07, 6.45) is 8.80. The van der Waals surface area contributed by atoms with Crippen molar-refractivity contribution in [1.82, 2.24) is 0 Å². The second-order valence-corrected chi connectivity index (χ2v) is 12.3. The number of alkyl halides is 1. The van der Waals surface area contributed by atoms with Gasteiger partial charge in [0.05, 0.1) is 4.90 Å². The molecule has 4 rings (SSSR count). The summed E-state index contributed by atoms with van der Waals surface area (Å²) in [5.74, 6) is 0.128. The van der Waals surface area contributed by atoms with Crippen LogP contribution < -0.4 is 5.14 Å². The molecule has 0 amide bonds. The van der Waals surface area contributed by atoms with Crippen LogP contribution in [0.1, 0.15) is 31.2 Å². The number of sulfonamides is 1. The fourth-order valence-electron chi connectivity index (χ4n) is 4.12. The van der Waals surface area contributed by atoms with Gasteiger partial charge in [-0.2, -0.15) is 0 Å². The second-order valence-electron chi connectivity index (χ2n) is 7.80. The van der Waals surface area contributed by atoms with Gasteiger partial charge < -0.3 is 4.74 Å². The molecule has 0 heterocycles. The molecule has 150 valence electrons. The minimum atomic E-state index is -3.69. The molecule has 0 aromatic heterocycles. The van der Waals surface area contributed by atoms with Crippen molar-refractivity contribution < 1.29 is 13.2 Å². The molecule has 0 aliphatic heterocycles. The number of benzene rings is 1. The summed E-state index contributed by atoms with van der Waals surface area (Å²) in [6, 6.07) is 6.94. The SMILES string of the molecule is COC1(Br)C=C(Br)C(C2=C(c3ccc(S(N)(=O)=O)cc3)CC3(CC3)C2)C=C1Br. The fourth-order valence-corrected chi connectivity index (χ4v) is 6.60. The molecule has 1 aromatic carbocycles. The van der Waals surface area contributed by atoms with E-state index in [1.54, 1.807) is 19.2 Å². The van der Waals surface area contributed by atoms with Crippen LogP contribution >= 0.6 is 47.8 Å². The summed E-state index contributed by atoms with van der Waals surface area (Å²) in [7, 11) is -2.03. The monoisotopic (exact) mass is 591 g/mol. The average molecular weight is 594 g/mol. The molecule has 8 heteroatoms. The van der Waals surface area contributed by atoms with E-state index in [-0.39, 0.29) is 10.8 Å². The number of hydrogen-bond acceptors (Lipinski definition) is 3. The summed E-state index contributed by atoms with van der Waals surface area (Å²) < 4.78 is 30.1. The molecule has 0 radical (unpaired) electrons. The lowest BCUT2D eigenvalue weighted by molar-refractivity contribution is 0.151. The van der Waals surface area contributed by atoms with E-state index in [1.165, 1.54) is 24.0 Å². The van der Waals surface area contributed by atoms with Crippen LogP contribution in [0.25, 0.3) is 5.57 Å². The molecule has 2 N–H and O–H groups in total. The molecule has 1 spiro atoms. The van der Waals surface area contributed by atoms with Gasteiger partial charge >= 0.3 is 0 Å². The second kappa shape index (κ2) is 7.17. The Labute approximate surface area is 190 Å². The van der Waals surface area contributed by atoms with Crippen molar-refractivity contribution in [2.24, 2.45) is 16.5 Å². The average Bonchev–Trinajstić information content (AvgIpc) is 3.29. The van der Waals surface area contributed by atoms with Gasteiger partial charge in [-0.1, -0.05) is 55.6 Å². The lowest BCUT2D eigenvalue weighted by atomic mass is 9.88. The molecular formula is C20H20Br3NO3S. The van der Waals surface area contributed by atoms with E-state index in [9.17, 15) is 8.42 Å². The van der Waals surface area contributed by atoms with Crippen LogP contribution in [0.5, 0.6) is 0 Å². The van der Waals surface area contributed by atoms with E-state index < -0.39 is 14.5 Å². The third-order valence-corrected chi connectivity index (χ3v) is 9.94. The van der Waals surface area contributed by atoms with E-state index in [0.29, 0.717) is 5.41 Å².